The van der Waals surface area contributed by atoms with Crippen molar-refractivity contribution in [1.29, 1.82) is 0 Å². The van der Waals surface area contributed by atoms with Crippen molar-refractivity contribution in [1.82, 2.24) is 5.32 Å². The predicted molar refractivity (Wildman–Crippen MR) is 72.7 cm³/mol. The zero-order valence-corrected chi connectivity index (χ0v) is 11.6. The highest BCUT2D eigenvalue weighted by atomic mass is 16.5. The molecule has 1 aromatic carbocycles. The molecule has 0 saturated carbocycles. The van der Waals surface area contributed by atoms with Crippen LogP contribution < -0.4 is 14.8 Å². The van der Waals surface area contributed by atoms with Gasteiger partial charge in [0, 0.05) is 6.54 Å². The largest absolute Gasteiger partial charge is 0.490 e. The van der Waals surface area contributed by atoms with Gasteiger partial charge in [-0.1, -0.05) is 6.07 Å². The van der Waals surface area contributed by atoms with Crippen LogP contribution in [0.5, 0.6) is 11.5 Å². The highest BCUT2D eigenvalue weighted by Gasteiger charge is 2.08. The molecule has 0 unspecified atom stereocenters. The summed E-state index contributed by atoms with van der Waals surface area (Å²) in [7, 11) is 0. The Morgan fingerprint density at radius 3 is 2.68 bits per heavy atom. The van der Waals surface area contributed by atoms with Crippen LogP contribution in [-0.2, 0) is 11.3 Å². The van der Waals surface area contributed by atoms with Crippen LogP contribution in [0.2, 0.25) is 0 Å². The lowest BCUT2D eigenvalue weighted by atomic mass is 10.2. The van der Waals surface area contributed by atoms with Gasteiger partial charge < -0.3 is 19.9 Å². The zero-order chi connectivity index (χ0) is 14.3. The standard InChI is InChI=1S/C14H21NO4/c1-4-18-13-7-11(8-15-9-14(16)17)5-6-12(13)19-10(2)3/h5-7,10,15H,4,8-9H2,1-3H3,(H,16,17). The number of carboxylic acids is 1. The van der Waals surface area contributed by atoms with Crippen molar-refractivity contribution in [3.63, 3.8) is 0 Å². The van der Waals surface area contributed by atoms with E-state index in [9.17, 15) is 4.79 Å². The van der Waals surface area contributed by atoms with Gasteiger partial charge in [0.05, 0.1) is 19.3 Å². The molecule has 0 atom stereocenters. The SMILES string of the molecule is CCOc1cc(CNCC(=O)O)ccc1OC(C)C. The highest BCUT2D eigenvalue weighted by Crippen LogP contribution is 2.29. The van der Waals surface area contributed by atoms with Crippen LogP contribution in [0.3, 0.4) is 0 Å². The summed E-state index contributed by atoms with van der Waals surface area (Å²) in [6.07, 6.45) is 0.0789. The summed E-state index contributed by atoms with van der Waals surface area (Å²) in [5.41, 5.74) is 0.959. The van der Waals surface area contributed by atoms with Gasteiger partial charge >= 0.3 is 5.97 Å². The summed E-state index contributed by atoms with van der Waals surface area (Å²) in [5, 5.41) is 11.4. The number of ether oxygens (including phenoxy) is 2. The number of hydrogen-bond acceptors (Lipinski definition) is 4. The summed E-state index contributed by atoms with van der Waals surface area (Å²) in [6, 6.07) is 5.62. The number of carbonyl (C=O) groups is 1. The van der Waals surface area contributed by atoms with E-state index in [4.69, 9.17) is 14.6 Å². The molecule has 5 nitrogen and oxygen atoms in total. The first-order chi connectivity index (χ1) is 9.02. The molecule has 0 bridgehead atoms. The number of nitrogens with one attached hydrogen (secondary N) is 1. The second-order valence-electron chi connectivity index (χ2n) is 4.38. The van der Waals surface area contributed by atoms with Gasteiger partial charge in [0.2, 0.25) is 0 Å². The van der Waals surface area contributed by atoms with Gasteiger partial charge in [-0.25, -0.2) is 0 Å². The van der Waals surface area contributed by atoms with E-state index in [-0.39, 0.29) is 12.6 Å². The molecule has 5 heteroatoms. The van der Waals surface area contributed by atoms with Gasteiger partial charge in [-0.05, 0) is 38.5 Å². The molecule has 0 radical (unpaired) electrons. The summed E-state index contributed by atoms with van der Waals surface area (Å²) in [5.74, 6) is 0.523. The molecule has 0 spiro atoms. The minimum atomic E-state index is -0.871. The smallest absolute Gasteiger partial charge is 0.317 e. The van der Waals surface area contributed by atoms with Gasteiger partial charge in [0.1, 0.15) is 0 Å². The van der Waals surface area contributed by atoms with Gasteiger partial charge in [-0.2, -0.15) is 0 Å². The fraction of sp³-hybridized carbons (Fsp3) is 0.500. The Hall–Kier alpha value is -1.75. The zero-order valence-electron chi connectivity index (χ0n) is 11.6. The first-order valence-corrected chi connectivity index (χ1v) is 6.37. The summed E-state index contributed by atoms with van der Waals surface area (Å²) in [4.78, 5) is 10.4. The molecule has 0 aliphatic heterocycles. The predicted octanol–water partition coefficient (Wildman–Crippen LogP) is 2.05. The van der Waals surface area contributed by atoms with Crippen molar-refractivity contribution in [2.24, 2.45) is 0 Å². The first-order valence-electron chi connectivity index (χ1n) is 6.37. The van der Waals surface area contributed by atoms with E-state index in [1.54, 1.807) is 0 Å². The lowest BCUT2D eigenvalue weighted by Crippen LogP contribution is -2.21. The van der Waals surface area contributed by atoms with Crippen LogP contribution in [0.15, 0.2) is 18.2 Å². The monoisotopic (exact) mass is 267 g/mol. The van der Waals surface area contributed by atoms with Crippen LogP contribution in [0.25, 0.3) is 0 Å². The lowest BCUT2D eigenvalue weighted by Gasteiger charge is -2.15. The summed E-state index contributed by atoms with van der Waals surface area (Å²) < 4.78 is 11.2. The number of rotatable bonds is 8. The Bertz CT molecular complexity index is 418. The van der Waals surface area contributed by atoms with E-state index < -0.39 is 5.97 Å². The molecule has 0 heterocycles. The van der Waals surface area contributed by atoms with Crippen LogP contribution in [0.1, 0.15) is 26.3 Å². The first kappa shape index (κ1) is 15.3. The lowest BCUT2D eigenvalue weighted by molar-refractivity contribution is -0.135. The number of hydrogen-bond donors (Lipinski definition) is 2. The molecule has 2 N–H and O–H groups in total. The minimum Gasteiger partial charge on any atom is -0.490 e. The fourth-order valence-electron chi connectivity index (χ4n) is 1.60. The van der Waals surface area contributed by atoms with Crippen molar-refractivity contribution >= 4 is 5.97 Å². The average molecular weight is 267 g/mol. The third-order valence-electron chi connectivity index (χ3n) is 2.28. The molecule has 19 heavy (non-hydrogen) atoms. The van der Waals surface area contributed by atoms with Crippen molar-refractivity contribution in [2.45, 2.75) is 33.4 Å². The Morgan fingerprint density at radius 2 is 2.11 bits per heavy atom. The molecule has 0 aliphatic rings. The van der Waals surface area contributed by atoms with E-state index >= 15 is 0 Å². The van der Waals surface area contributed by atoms with Crippen molar-refractivity contribution in [2.75, 3.05) is 13.2 Å². The molecule has 0 saturated heterocycles. The summed E-state index contributed by atoms with van der Waals surface area (Å²) in [6.45, 7) is 6.80. The fourth-order valence-corrected chi connectivity index (χ4v) is 1.60. The molecule has 0 fully saturated rings. The molecule has 0 amide bonds. The Morgan fingerprint density at radius 1 is 1.37 bits per heavy atom. The molecule has 0 aliphatic carbocycles. The quantitative estimate of drug-likeness (QED) is 0.754. The van der Waals surface area contributed by atoms with Crippen LogP contribution in [0.4, 0.5) is 0 Å². The van der Waals surface area contributed by atoms with Gasteiger partial charge in [-0.15, -0.1) is 0 Å². The van der Waals surface area contributed by atoms with E-state index in [2.05, 4.69) is 5.32 Å². The molecular weight excluding hydrogens is 246 g/mol. The Kier molecular flexibility index (Phi) is 6.15. The highest BCUT2D eigenvalue weighted by molar-refractivity contribution is 5.69. The third-order valence-corrected chi connectivity index (χ3v) is 2.28. The number of aliphatic carboxylic acids is 1. The maximum atomic E-state index is 10.4. The second kappa shape index (κ2) is 7.63. The van der Waals surface area contributed by atoms with E-state index in [1.165, 1.54) is 0 Å². The summed E-state index contributed by atoms with van der Waals surface area (Å²) >= 11 is 0. The maximum absolute atomic E-state index is 10.4. The molecule has 1 rings (SSSR count). The maximum Gasteiger partial charge on any atom is 0.317 e. The average Bonchev–Trinajstić information content (AvgIpc) is 2.31. The van der Waals surface area contributed by atoms with Crippen LogP contribution >= 0.6 is 0 Å². The van der Waals surface area contributed by atoms with Gasteiger partial charge in [-0.3, -0.25) is 4.79 Å². The minimum absolute atomic E-state index is 0.0613. The topological polar surface area (TPSA) is 67.8 Å². The Balaban J connectivity index is 2.74. The van der Waals surface area contributed by atoms with Gasteiger partial charge in [0.15, 0.2) is 11.5 Å². The molecule has 1 aromatic rings. The van der Waals surface area contributed by atoms with E-state index in [0.717, 1.165) is 5.56 Å². The molecular formula is C14H21NO4. The third kappa shape index (κ3) is 5.61. The van der Waals surface area contributed by atoms with Crippen LogP contribution in [0, 0.1) is 0 Å². The van der Waals surface area contributed by atoms with Gasteiger partial charge in [0.25, 0.3) is 0 Å². The second-order valence-corrected chi connectivity index (χ2v) is 4.38. The van der Waals surface area contributed by atoms with E-state index in [1.807, 2.05) is 39.0 Å². The van der Waals surface area contributed by atoms with Crippen molar-refractivity contribution in [3.8, 4) is 11.5 Å². The number of carboxylic acid groups (broad SMARTS) is 1. The normalized spacial score (nSPS) is 10.5. The molecule has 0 aromatic heterocycles. The van der Waals surface area contributed by atoms with Crippen molar-refractivity contribution < 1.29 is 19.4 Å². The van der Waals surface area contributed by atoms with E-state index in [0.29, 0.717) is 24.7 Å². The molecule has 106 valence electrons. The Labute approximate surface area is 113 Å². The number of benzene rings is 1. The van der Waals surface area contributed by atoms with Crippen LogP contribution in [-0.4, -0.2) is 30.3 Å². The van der Waals surface area contributed by atoms with Crippen molar-refractivity contribution in [3.05, 3.63) is 23.8 Å².